The Morgan fingerprint density at radius 1 is 1.09 bits per heavy atom. The molecule has 34 heavy (non-hydrogen) atoms. The second-order valence-electron chi connectivity index (χ2n) is 7.81. The predicted molar refractivity (Wildman–Crippen MR) is 143 cm³/mol. The van der Waals surface area contributed by atoms with Crippen molar-refractivity contribution < 1.29 is 14.3 Å². The third-order valence-corrected chi connectivity index (χ3v) is 6.74. The molecule has 0 aromatic heterocycles. The number of thioether (sulfide) groups is 1. The van der Waals surface area contributed by atoms with Crippen molar-refractivity contribution in [1.29, 1.82) is 0 Å². The maximum Gasteiger partial charge on any atom is 0.264 e. The Labute approximate surface area is 212 Å². The van der Waals surface area contributed by atoms with Crippen LogP contribution in [-0.4, -0.2) is 18.2 Å². The monoisotopic (exact) mass is 536 g/mol. The van der Waals surface area contributed by atoms with Crippen molar-refractivity contribution in [3.63, 3.8) is 0 Å². The summed E-state index contributed by atoms with van der Waals surface area (Å²) in [6.07, 6.45) is 2.80. The highest BCUT2D eigenvalue weighted by Crippen LogP contribution is 2.39. The fraction of sp³-hybridized carbons (Fsp3) is 0.185. The minimum atomic E-state index is -0.177. The Balaban J connectivity index is 1.52. The smallest absolute Gasteiger partial charge is 0.264 e. The SMILES string of the molecule is CCc1ccc(N=C2NC(=O)/C(=C/c3cc(Br)c(OCc4cccc(C)c4)c(OC)c3)S2)cc1. The quantitative estimate of drug-likeness (QED) is 0.337. The Hall–Kier alpha value is -3.03. The van der Waals surface area contributed by atoms with Crippen LogP contribution in [0.4, 0.5) is 5.69 Å². The van der Waals surface area contributed by atoms with Crippen LogP contribution in [0.1, 0.15) is 29.2 Å². The number of hydrogen-bond acceptors (Lipinski definition) is 5. The number of ether oxygens (including phenoxy) is 2. The zero-order valence-electron chi connectivity index (χ0n) is 19.2. The summed E-state index contributed by atoms with van der Waals surface area (Å²) < 4.78 is 12.4. The highest BCUT2D eigenvalue weighted by Gasteiger charge is 2.24. The zero-order valence-corrected chi connectivity index (χ0v) is 21.6. The van der Waals surface area contributed by atoms with E-state index < -0.39 is 0 Å². The molecule has 0 unspecified atom stereocenters. The van der Waals surface area contributed by atoms with Crippen LogP contribution in [0.15, 0.2) is 75.0 Å². The van der Waals surface area contributed by atoms with E-state index in [1.54, 1.807) is 7.11 Å². The molecular formula is C27H25BrN2O3S. The summed E-state index contributed by atoms with van der Waals surface area (Å²) in [5.74, 6) is 1.03. The van der Waals surface area contributed by atoms with E-state index in [4.69, 9.17) is 9.47 Å². The first-order valence-corrected chi connectivity index (χ1v) is 12.5. The van der Waals surface area contributed by atoms with E-state index in [0.717, 1.165) is 27.7 Å². The van der Waals surface area contributed by atoms with Gasteiger partial charge in [0.25, 0.3) is 5.91 Å². The van der Waals surface area contributed by atoms with Crippen LogP contribution in [0.5, 0.6) is 11.5 Å². The number of rotatable bonds is 7. The van der Waals surface area contributed by atoms with Crippen molar-refractivity contribution in [3.8, 4) is 11.5 Å². The molecule has 7 heteroatoms. The fourth-order valence-corrected chi connectivity index (χ4v) is 4.89. The van der Waals surface area contributed by atoms with E-state index in [1.165, 1.54) is 22.9 Å². The molecule has 0 aliphatic carbocycles. The standard InChI is InChI=1S/C27H25BrN2O3S/c1-4-18-8-10-21(11-9-18)29-27-30-26(31)24(34-27)15-20-13-22(28)25(23(14-20)32-3)33-16-19-7-5-6-17(2)12-19/h5-15H,4,16H2,1-3H3,(H,29,30,31)/b24-15-. The van der Waals surface area contributed by atoms with Crippen molar-refractivity contribution in [1.82, 2.24) is 5.32 Å². The van der Waals surface area contributed by atoms with Gasteiger partial charge in [-0.1, -0.05) is 48.9 Å². The molecule has 1 amide bonds. The van der Waals surface area contributed by atoms with Crippen LogP contribution in [0.25, 0.3) is 6.08 Å². The van der Waals surface area contributed by atoms with Crippen LogP contribution >= 0.6 is 27.7 Å². The van der Waals surface area contributed by atoms with Gasteiger partial charge >= 0.3 is 0 Å². The molecule has 4 rings (SSSR count). The maximum absolute atomic E-state index is 12.5. The van der Waals surface area contributed by atoms with Gasteiger partial charge in [-0.2, -0.15) is 0 Å². The second kappa shape index (κ2) is 10.9. The third kappa shape index (κ3) is 5.90. The molecule has 0 atom stereocenters. The number of nitrogens with one attached hydrogen (secondary N) is 1. The Kier molecular flexibility index (Phi) is 7.75. The first-order valence-electron chi connectivity index (χ1n) is 10.9. The number of halogens is 1. The Morgan fingerprint density at radius 2 is 1.88 bits per heavy atom. The lowest BCUT2D eigenvalue weighted by Crippen LogP contribution is -2.19. The number of amides is 1. The lowest BCUT2D eigenvalue weighted by atomic mass is 10.1. The topological polar surface area (TPSA) is 59.9 Å². The highest BCUT2D eigenvalue weighted by atomic mass is 79.9. The second-order valence-corrected chi connectivity index (χ2v) is 9.70. The number of benzene rings is 3. The average molecular weight is 537 g/mol. The van der Waals surface area contributed by atoms with Crippen molar-refractivity contribution in [2.45, 2.75) is 26.9 Å². The summed E-state index contributed by atoms with van der Waals surface area (Å²) in [5.41, 5.74) is 5.13. The lowest BCUT2D eigenvalue weighted by Gasteiger charge is -2.14. The number of carbonyl (C=O) groups is 1. The summed E-state index contributed by atoms with van der Waals surface area (Å²) in [6.45, 7) is 4.59. The number of hydrogen-bond donors (Lipinski definition) is 1. The molecule has 3 aromatic carbocycles. The van der Waals surface area contributed by atoms with Crippen molar-refractivity contribution >= 4 is 50.5 Å². The van der Waals surface area contributed by atoms with Crippen LogP contribution < -0.4 is 14.8 Å². The molecule has 1 saturated heterocycles. The van der Waals surface area contributed by atoms with Gasteiger partial charge in [-0.25, -0.2) is 4.99 Å². The Bertz CT molecular complexity index is 1270. The Morgan fingerprint density at radius 3 is 2.59 bits per heavy atom. The summed E-state index contributed by atoms with van der Waals surface area (Å²) in [7, 11) is 1.60. The molecule has 1 N–H and O–H groups in total. The minimum Gasteiger partial charge on any atom is -0.493 e. The number of amidine groups is 1. The maximum atomic E-state index is 12.5. The molecule has 1 heterocycles. The van der Waals surface area contributed by atoms with Gasteiger partial charge in [-0.3, -0.25) is 4.79 Å². The van der Waals surface area contributed by atoms with Crippen molar-refractivity contribution in [2.75, 3.05) is 7.11 Å². The number of methoxy groups -OCH3 is 1. The van der Waals surface area contributed by atoms with Crippen molar-refractivity contribution in [3.05, 3.63) is 92.3 Å². The van der Waals surface area contributed by atoms with Gasteiger partial charge in [-0.05, 0) is 88.1 Å². The summed E-state index contributed by atoms with van der Waals surface area (Å²) >= 11 is 4.91. The minimum absolute atomic E-state index is 0.177. The average Bonchev–Trinajstić information content (AvgIpc) is 3.16. The van der Waals surface area contributed by atoms with E-state index in [9.17, 15) is 4.79 Å². The molecule has 5 nitrogen and oxygen atoms in total. The van der Waals surface area contributed by atoms with Crippen LogP contribution in [-0.2, 0) is 17.8 Å². The molecule has 0 saturated carbocycles. The summed E-state index contributed by atoms with van der Waals surface area (Å²) in [6, 6.07) is 20.0. The van der Waals surface area contributed by atoms with Gasteiger partial charge in [0.05, 0.1) is 22.2 Å². The normalized spacial score (nSPS) is 15.6. The van der Waals surface area contributed by atoms with E-state index in [1.807, 2.05) is 54.6 Å². The number of nitrogens with zero attached hydrogens (tertiary/aromatic N) is 1. The molecule has 174 valence electrons. The molecule has 3 aromatic rings. The van der Waals surface area contributed by atoms with Gasteiger partial charge in [0, 0.05) is 0 Å². The van der Waals surface area contributed by atoms with Gasteiger partial charge in [0.2, 0.25) is 0 Å². The molecule has 1 fully saturated rings. The summed E-state index contributed by atoms with van der Waals surface area (Å²) in [5, 5.41) is 3.40. The number of carbonyl (C=O) groups excluding carboxylic acids is 1. The molecule has 1 aliphatic heterocycles. The summed E-state index contributed by atoms with van der Waals surface area (Å²) in [4.78, 5) is 17.6. The largest absolute Gasteiger partial charge is 0.493 e. The molecule has 0 spiro atoms. The van der Waals surface area contributed by atoms with Crippen molar-refractivity contribution in [2.24, 2.45) is 4.99 Å². The fourth-order valence-electron chi connectivity index (χ4n) is 3.48. The molecular weight excluding hydrogens is 512 g/mol. The predicted octanol–water partition coefficient (Wildman–Crippen LogP) is 6.80. The van der Waals surface area contributed by atoms with E-state index in [0.29, 0.717) is 28.2 Å². The van der Waals surface area contributed by atoms with Gasteiger partial charge in [0.1, 0.15) is 6.61 Å². The van der Waals surface area contributed by atoms with E-state index >= 15 is 0 Å². The molecule has 0 bridgehead atoms. The van der Waals surface area contributed by atoms with Gasteiger partial charge in [0.15, 0.2) is 16.7 Å². The number of aryl methyl sites for hydroxylation is 2. The first kappa shape index (κ1) is 24.1. The first-order chi connectivity index (χ1) is 16.4. The highest BCUT2D eigenvalue weighted by molar-refractivity contribution is 9.10. The van der Waals surface area contributed by atoms with Crippen LogP contribution in [0.2, 0.25) is 0 Å². The van der Waals surface area contributed by atoms with E-state index in [-0.39, 0.29) is 5.91 Å². The van der Waals surface area contributed by atoms with E-state index in [2.05, 4.69) is 52.2 Å². The van der Waals surface area contributed by atoms with Gasteiger partial charge < -0.3 is 14.8 Å². The lowest BCUT2D eigenvalue weighted by molar-refractivity contribution is -0.115. The molecule has 0 radical (unpaired) electrons. The molecule has 1 aliphatic rings. The zero-order chi connectivity index (χ0) is 24.1. The van der Waals surface area contributed by atoms with Crippen LogP contribution in [0, 0.1) is 6.92 Å². The number of aliphatic imine (C=N–C) groups is 1. The van der Waals surface area contributed by atoms with Gasteiger partial charge in [-0.15, -0.1) is 0 Å². The third-order valence-electron chi connectivity index (χ3n) is 5.24. The van der Waals surface area contributed by atoms with Crippen LogP contribution in [0.3, 0.4) is 0 Å².